The second-order valence-electron chi connectivity index (χ2n) is 7.25. The minimum absolute atomic E-state index is 0.00510. The van der Waals surface area contributed by atoms with Gasteiger partial charge in [-0.15, -0.1) is 11.8 Å². The Hall–Kier alpha value is -1.18. The number of thioether (sulfide) groups is 1. The normalized spacial score (nSPS) is 34.6. The molecule has 0 aromatic carbocycles. The second kappa shape index (κ2) is 7.33. The standard InChI is InChI=1S/C15H24N4O6S2/c1-6-11-10(7(2)20)14(21)19(11)12(15(22)23)13(6)26-9-3-8(17-5-9)4-18-27(16,24)25/h6-11,17-18,20H,3-5H2,1-2H3,(H,22,23)(H2,16,24,25)/t6-,7-,8+,9?,10-,11?/m1/s1. The summed E-state index contributed by atoms with van der Waals surface area (Å²) in [4.78, 5) is 26.1. The lowest BCUT2D eigenvalue weighted by atomic mass is 9.79. The van der Waals surface area contributed by atoms with Gasteiger partial charge >= 0.3 is 5.97 Å². The van der Waals surface area contributed by atoms with Crippen LogP contribution in [0.5, 0.6) is 0 Å². The van der Waals surface area contributed by atoms with Crippen molar-refractivity contribution in [3.05, 3.63) is 10.6 Å². The van der Waals surface area contributed by atoms with E-state index in [1.54, 1.807) is 6.92 Å². The number of aliphatic hydroxyl groups is 1. The van der Waals surface area contributed by atoms with Gasteiger partial charge in [0.2, 0.25) is 5.91 Å². The number of carbonyl (C=O) groups excluding carboxylic acids is 1. The Kier molecular flexibility index (Phi) is 5.58. The molecule has 0 aromatic heterocycles. The first-order chi connectivity index (χ1) is 12.5. The molecule has 1 amide bonds. The predicted octanol–water partition coefficient (Wildman–Crippen LogP) is -1.60. The predicted molar refractivity (Wildman–Crippen MR) is 98.5 cm³/mol. The van der Waals surface area contributed by atoms with Crippen molar-refractivity contribution >= 4 is 33.8 Å². The molecule has 152 valence electrons. The average molecular weight is 421 g/mol. The highest BCUT2D eigenvalue weighted by Gasteiger charge is 2.60. The average Bonchev–Trinajstić information content (AvgIpc) is 3.07. The van der Waals surface area contributed by atoms with E-state index < -0.39 is 28.2 Å². The molecule has 2 saturated heterocycles. The van der Waals surface area contributed by atoms with Gasteiger partial charge in [-0.2, -0.15) is 8.42 Å². The van der Waals surface area contributed by atoms with Crippen LogP contribution in [0.25, 0.3) is 0 Å². The Morgan fingerprint density at radius 1 is 1.52 bits per heavy atom. The number of carboxylic acids is 1. The van der Waals surface area contributed by atoms with Crippen molar-refractivity contribution in [2.75, 3.05) is 13.1 Å². The number of nitrogens with zero attached hydrogens (tertiary/aromatic N) is 1. The van der Waals surface area contributed by atoms with E-state index >= 15 is 0 Å². The third-order valence-corrected chi connectivity index (χ3v) is 7.40. The summed E-state index contributed by atoms with van der Waals surface area (Å²) in [7, 11) is -3.76. The summed E-state index contributed by atoms with van der Waals surface area (Å²) < 4.78 is 24.3. The number of aliphatic hydroxyl groups excluding tert-OH is 1. The fourth-order valence-corrected chi connectivity index (χ4v) is 6.05. The molecule has 12 heteroatoms. The van der Waals surface area contributed by atoms with Gasteiger partial charge in [0.05, 0.1) is 18.1 Å². The van der Waals surface area contributed by atoms with Gasteiger partial charge in [0.25, 0.3) is 10.2 Å². The summed E-state index contributed by atoms with van der Waals surface area (Å²) in [6.07, 6.45) is -0.197. The number of aliphatic carboxylic acids is 1. The second-order valence-corrected chi connectivity index (χ2v) is 9.97. The molecule has 6 N–H and O–H groups in total. The summed E-state index contributed by atoms with van der Waals surface area (Å²) in [5.74, 6) is -2.27. The first-order valence-corrected chi connectivity index (χ1v) is 11.1. The van der Waals surface area contributed by atoms with Crippen molar-refractivity contribution in [2.45, 2.75) is 43.7 Å². The van der Waals surface area contributed by atoms with E-state index in [1.807, 2.05) is 6.92 Å². The first kappa shape index (κ1) is 20.6. The summed E-state index contributed by atoms with van der Waals surface area (Å²) in [5.41, 5.74) is 0.00510. The van der Waals surface area contributed by atoms with Gasteiger partial charge < -0.3 is 20.4 Å². The summed E-state index contributed by atoms with van der Waals surface area (Å²) in [6.45, 7) is 4.17. The molecule has 3 rings (SSSR count). The molecule has 10 nitrogen and oxygen atoms in total. The highest BCUT2D eigenvalue weighted by molar-refractivity contribution is 8.03. The van der Waals surface area contributed by atoms with Crippen LogP contribution in [0.3, 0.4) is 0 Å². The number of hydrogen-bond donors (Lipinski definition) is 5. The zero-order chi connectivity index (χ0) is 20.1. The number of amides is 1. The number of nitrogens with two attached hydrogens (primary N) is 1. The lowest BCUT2D eigenvalue weighted by Crippen LogP contribution is -2.63. The summed E-state index contributed by atoms with van der Waals surface area (Å²) in [5, 5.41) is 27.7. The van der Waals surface area contributed by atoms with Crippen LogP contribution in [0, 0.1) is 11.8 Å². The van der Waals surface area contributed by atoms with Gasteiger partial charge in [-0.3, -0.25) is 4.79 Å². The maximum Gasteiger partial charge on any atom is 0.353 e. The fraction of sp³-hybridized carbons (Fsp3) is 0.733. The number of carbonyl (C=O) groups is 2. The van der Waals surface area contributed by atoms with Crippen molar-refractivity contribution in [2.24, 2.45) is 17.0 Å². The molecular weight excluding hydrogens is 396 g/mol. The number of hydrogen-bond acceptors (Lipinski definition) is 7. The topological polar surface area (TPSA) is 162 Å². The largest absolute Gasteiger partial charge is 0.477 e. The lowest BCUT2D eigenvalue weighted by Gasteiger charge is -2.46. The molecule has 3 aliphatic rings. The molecule has 27 heavy (non-hydrogen) atoms. The molecular formula is C15H24N4O6S2. The van der Waals surface area contributed by atoms with Crippen molar-refractivity contribution < 1.29 is 28.2 Å². The monoisotopic (exact) mass is 420 g/mol. The lowest BCUT2D eigenvalue weighted by molar-refractivity contribution is -0.163. The zero-order valence-corrected chi connectivity index (χ0v) is 16.6. The van der Waals surface area contributed by atoms with Crippen LogP contribution < -0.4 is 15.2 Å². The molecule has 3 heterocycles. The van der Waals surface area contributed by atoms with Gasteiger partial charge in [0.15, 0.2) is 0 Å². The van der Waals surface area contributed by atoms with Crippen LogP contribution in [0.1, 0.15) is 20.3 Å². The number of nitrogens with one attached hydrogen (secondary N) is 2. The van der Waals surface area contributed by atoms with Crippen molar-refractivity contribution in [1.29, 1.82) is 0 Å². The van der Waals surface area contributed by atoms with Crippen molar-refractivity contribution in [3.8, 4) is 0 Å². The van der Waals surface area contributed by atoms with E-state index in [4.69, 9.17) is 5.14 Å². The van der Waals surface area contributed by atoms with E-state index in [-0.39, 0.29) is 41.4 Å². The van der Waals surface area contributed by atoms with E-state index in [0.717, 1.165) is 0 Å². The van der Waals surface area contributed by atoms with Crippen LogP contribution in [0.15, 0.2) is 10.6 Å². The van der Waals surface area contributed by atoms with Crippen LogP contribution in [-0.4, -0.2) is 71.9 Å². The smallest absolute Gasteiger partial charge is 0.353 e. The summed E-state index contributed by atoms with van der Waals surface area (Å²) in [6, 6.07) is -0.435. The van der Waals surface area contributed by atoms with E-state index in [0.29, 0.717) is 17.9 Å². The number of fused-ring (bicyclic) bond motifs is 1. The number of β-lactam (4-membered cyclic amide) rings is 1. The molecule has 3 aliphatic heterocycles. The van der Waals surface area contributed by atoms with E-state index in [2.05, 4.69) is 10.0 Å². The van der Waals surface area contributed by atoms with Crippen molar-refractivity contribution in [1.82, 2.24) is 14.9 Å². The molecule has 6 atom stereocenters. The Balaban J connectivity index is 1.71. The van der Waals surface area contributed by atoms with Gasteiger partial charge in [0.1, 0.15) is 5.70 Å². The Bertz CT molecular complexity index is 783. The molecule has 2 fully saturated rings. The van der Waals surface area contributed by atoms with Crippen LogP contribution in [-0.2, 0) is 19.8 Å². The third-order valence-electron chi connectivity index (χ3n) is 5.32. The van der Waals surface area contributed by atoms with Crippen LogP contribution >= 0.6 is 11.8 Å². The minimum Gasteiger partial charge on any atom is -0.477 e. The maximum absolute atomic E-state index is 12.3. The van der Waals surface area contributed by atoms with Crippen molar-refractivity contribution in [3.63, 3.8) is 0 Å². The van der Waals surface area contributed by atoms with Gasteiger partial charge in [-0.05, 0) is 13.3 Å². The van der Waals surface area contributed by atoms with Gasteiger partial charge in [-0.25, -0.2) is 14.7 Å². The number of carboxylic acid groups (broad SMARTS) is 1. The summed E-state index contributed by atoms with van der Waals surface area (Å²) >= 11 is 1.41. The molecule has 0 aliphatic carbocycles. The highest BCUT2D eigenvalue weighted by Crippen LogP contribution is 2.51. The molecule has 2 unspecified atom stereocenters. The molecule has 0 bridgehead atoms. The molecule has 0 saturated carbocycles. The Labute approximate surface area is 161 Å². The van der Waals surface area contributed by atoms with Crippen LogP contribution in [0.2, 0.25) is 0 Å². The van der Waals surface area contributed by atoms with E-state index in [9.17, 15) is 28.2 Å². The first-order valence-electron chi connectivity index (χ1n) is 8.67. The fourth-order valence-electron chi connectivity index (χ4n) is 4.10. The third kappa shape index (κ3) is 3.87. The number of rotatable bonds is 7. The Morgan fingerprint density at radius 2 is 2.19 bits per heavy atom. The van der Waals surface area contributed by atoms with Crippen LogP contribution in [0.4, 0.5) is 0 Å². The molecule has 0 radical (unpaired) electrons. The Morgan fingerprint density at radius 3 is 2.74 bits per heavy atom. The maximum atomic E-state index is 12.3. The highest BCUT2D eigenvalue weighted by atomic mass is 32.2. The molecule has 0 aromatic rings. The van der Waals surface area contributed by atoms with Gasteiger partial charge in [0, 0.05) is 35.2 Å². The molecule has 0 spiro atoms. The van der Waals surface area contributed by atoms with E-state index in [1.165, 1.54) is 16.7 Å². The SMILES string of the molecule is C[C@H]1C(SC2CN[C@H](CNS(N)(=O)=O)C2)=C(C(=O)O)N2C(=O)[C@H]([C@@H](C)O)C12. The zero-order valence-electron chi connectivity index (χ0n) is 15.0. The quantitative estimate of drug-likeness (QED) is 0.308. The minimum atomic E-state index is -3.76. The van der Waals surface area contributed by atoms with Gasteiger partial charge in [-0.1, -0.05) is 6.92 Å².